The van der Waals surface area contributed by atoms with Crippen LogP contribution in [-0.4, -0.2) is 49.2 Å². The molecule has 19 nitrogen and oxygen atoms in total. The number of ether oxygens (including phenoxy) is 1. The van der Waals surface area contributed by atoms with Gasteiger partial charge in [-0.15, -0.1) is 29.9 Å². The van der Waals surface area contributed by atoms with Gasteiger partial charge in [0, 0.05) is 55.9 Å². The Kier molecular flexibility index (Phi) is 12.9. The molecule has 0 aromatic heterocycles. The van der Waals surface area contributed by atoms with E-state index in [2.05, 4.69) is 40.1 Å². The fourth-order valence-electron chi connectivity index (χ4n) is 5.25. The van der Waals surface area contributed by atoms with Gasteiger partial charge in [0.2, 0.25) is 0 Å². The van der Waals surface area contributed by atoms with Crippen LogP contribution < -0.4 is 10.5 Å². The number of methoxy groups -OCH3 is 1. The van der Waals surface area contributed by atoms with Crippen molar-refractivity contribution in [3.8, 4) is 17.2 Å². The van der Waals surface area contributed by atoms with E-state index in [1.54, 1.807) is 42.5 Å². The summed E-state index contributed by atoms with van der Waals surface area (Å²) in [7, 11) is -8.29. The molecule has 0 saturated heterocycles. The minimum Gasteiger partial charge on any atom is -0.506 e. The Morgan fingerprint density at radius 3 is 1.88 bits per heavy atom. The van der Waals surface area contributed by atoms with Crippen molar-refractivity contribution in [3.05, 3.63) is 91.0 Å². The zero-order valence-corrected chi connectivity index (χ0v) is 31.5. The Morgan fingerprint density at radius 1 is 0.679 bits per heavy atom. The van der Waals surface area contributed by atoms with Crippen molar-refractivity contribution in [3.63, 3.8) is 0 Å². The number of hydrogen-bond donors (Lipinski definition) is 8. The molecule has 0 aliphatic rings. The number of benzene rings is 6. The molecule has 9 N–H and O–H groups in total. The number of phenols is 2. The van der Waals surface area contributed by atoms with E-state index < -0.39 is 53.4 Å². The first-order valence-electron chi connectivity index (χ1n) is 15.2. The van der Waals surface area contributed by atoms with Gasteiger partial charge in [-0.25, -0.2) is 5.26 Å². The molecule has 23 heteroatoms. The van der Waals surface area contributed by atoms with E-state index in [4.69, 9.17) is 15.7 Å². The van der Waals surface area contributed by atoms with E-state index in [9.17, 15) is 36.8 Å². The molecule has 0 aliphatic heterocycles. The smallest absolute Gasteiger partial charge is 0.295 e. The maximum atomic E-state index is 12.0. The van der Waals surface area contributed by atoms with E-state index >= 15 is 0 Å². The Morgan fingerprint density at radius 2 is 1.29 bits per heavy atom. The first-order valence-corrected chi connectivity index (χ1v) is 18.9. The fraction of sp³-hybridized carbons (Fsp3) is 0.0303. The quantitative estimate of drug-likeness (QED) is 0.0108. The minimum atomic E-state index is -4.90. The maximum absolute atomic E-state index is 12.0. The van der Waals surface area contributed by atoms with Crippen LogP contribution in [0.25, 0.3) is 21.5 Å². The molecule has 295 valence electrons. The molecule has 56 heavy (non-hydrogen) atoms. The molecule has 0 fully saturated rings. The Hall–Kier alpha value is -5.27. The molecular formula is C33H27CuN7O12S3. The zero-order valence-electron chi connectivity index (χ0n) is 28.1. The van der Waals surface area contributed by atoms with Crippen LogP contribution >= 0.6 is 22.9 Å². The minimum absolute atomic E-state index is 0. The van der Waals surface area contributed by atoms with Crippen molar-refractivity contribution in [2.45, 2.75) is 14.7 Å². The van der Waals surface area contributed by atoms with Crippen molar-refractivity contribution in [2.24, 2.45) is 30.7 Å². The van der Waals surface area contributed by atoms with Crippen molar-refractivity contribution >= 4 is 94.4 Å². The second-order valence-corrected chi connectivity index (χ2v) is 14.8. The van der Waals surface area contributed by atoms with Gasteiger partial charge in [-0.2, -0.15) is 13.5 Å². The van der Waals surface area contributed by atoms with E-state index in [0.717, 1.165) is 36.3 Å². The second kappa shape index (κ2) is 17.3. The SMILES string of the molecule is COc1cc(N=Nc2c(S(O)(O)O)cc3c(S(=O)(=O)O)ccc(N)c3c2O)c(O)cc1N=Nc1ccc(N=Nc2ccc(SOOO)cc2)c2ccccc12.[Cu]. The third kappa shape index (κ3) is 9.05. The number of phenolic OH excluding ortho intramolecular Hbond substituents is 2. The molecule has 6 rings (SSSR count). The number of rotatable bonds is 12. The number of hydrogen-bond acceptors (Lipinski definition) is 19. The van der Waals surface area contributed by atoms with Crippen LogP contribution in [0, 0.1) is 0 Å². The zero-order chi connectivity index (χ0) is 39.5. The molecule has 6 aromatic rings. The van der Waals surface area contributed by atoms with Crippen molar-refractivity contribution in [1.29, 1.82) is 0 Å². The number of nitrogens with two attached hydrogens (primary N) is 1. The summed E-state index contributed by atoms with van der Waals surface area (Å²) in [5.41, 5.74) is 6.36. The monoisotopic (exact) mass is 872 g/mol. The first kappa shape index (κ1) is 41.9. The summed E-state index contributed by atoms with van der Waals surface area (Å²) in [5, 5.41) is 59.4. The van der Waals surface area contributed by atoms with Crippen molar-refractivity contribution in [1.82, 2.24) is 0 Å². The molecule has 0 unspecified atom stereocenters. The van der Waals surface area contributed by atoms with Crippen LogP contribution in [0.5, 0.6) is 17.2 Å². The molecule has 0 saturated carbocycles. The normalized spacial score (nSPS) is 12.6. The van der Waals surface area contributed by atoms with Crippen molar-refractivity contribution in [2.75, 3.05) is 12.8 Å². The van der Waals surface area contributed by atoms with E-state index in [0.29, 0.717) is 32.7 Å². The van der Waals surface area contributed by atoms with Crippen LogP contribution in [0.4, 0.5) is 39.8 Å². The number of nitrogen functional groups attached to an aromatic ring is 1. The molecule has 0 atom stereocenters. The number of anilines is 1. The van der Waals surface area contributed by atoms with Gasteiger partial charge in [0.15, 0.2) is 5.75 Å². The molecular weight excluding hydrogens is 846 g/mol. The number of azo groups is 3. The van der Waals surface area contributed by atoms with Crippen LogP contribution in [0.3, 0.4) is 0 Å². The largest absolute Gasteiger partial charge is 0.506 e. The predicted octanol–water partition coefficient (Wildman–Crippen LogP) is 10.5. The summed E-state index contributed by atoms with van der Waals surface area (Å²) >= 11 is 0.809. The van der Waals surface area contributed by atoms with E-state index in [1.807, 2.05) is 18.2 Å². The van der Waals surface area contributed by atoms with Gasteiger partial charge in [-0.05, 0) is 54.6 Å². The van der Waals surface area contributed by atoms with Gasteiger partial charge in [0.05, 0.1) is 46.5 Å². The summed E-state index contributed by atoms with van der Waals surface area (Å²) in [6.45, 7) is 0. The fourth-order valence-corrected chi connectivity index (χ4v) is 6.95. The van der Waals surface area contributed by atoms with Gasteiger partial charge in [-0.1, -0.05) is 29.3 Å². The van der Waals surface area contributed by atoms with E-state index in [1.165, 1.54) is 13.2 Å². The van der Waals surface area contributed by atoms with Crippen LogP contribution in [0.2, 0.25) is 0 Å². The van der Waals surface area contributed by atoms with Crippen LogP contribution in [0.1, 0.15) is 0 Å². The molecule has 0 spiro atoms. The average molecular weight is 873 g/mol. The summed E-state index contributed by atoms with van der Waals surface area (Å²) in [6.07, 6.45) is 0. The number of aromatic hydroxyl groups is 2. The Balaban J connectivity index is 0.00000600. The molecule has 0 heterocycles. The molecule has 0 amide bonds. The van der Waals surface area contributed by atoms with Crippen LogP contribution in [0.15, 0.2) is 136 Å². The third-order valence-corrected chi connectivity index (χ3v) is 10.1. The number of nitrogens with zero attached hydrogens (tertiary/aromatic N) is 6. The topological polar surface area (TPSA) is 304 Å². The van der Waals surface area contributed by atoms with Crippen LogP contribution in [-0.2, 0) is 36.6 Å². The molecule has 0 aliphatic carbocycles. The molecule has 6 aromatic carbocycles. The molecule has 1 radical (unpaired) electrons. The maximum Gasteiger partial charge on any atom is 0.295 e. The summed E-state index contributed by atoms with van der Waals surface area (Å²) in [6, 6.07) is 22.6. The average Bonchev–Trinajstić information content (AvgIpc) is 3.15. The number of fused-ring (bicyclic) bond motifs is 2. The van der Waals surface area contributed by atoms with Gasteiger partial charge in [-0.3, -0.25) is 4.55 Å². The van der Waals surface area contributed by atoms with Gasteiger partial charge in [0.25, 0.3) is 10.1 Å². The standard InChI is InChI=1S/C33H27N7O12S3.Cu/c1-50-28-16-25(38-40-32-30(55(47,48)49)14-21-29(54(44,45)46)13-10-22(34)31(21)33(32)42)27(41)15-26(28)39-37-24-12-11-23(19-4-2-3-5-20(19)24)36-35-17-6-8-18(9-7-17)53-52-51-43;/h2-16,41-43,47-49H,34H2,1H3,(H,44,45,46);. The summed E-state index contributed by atoms with van der Waals surface area (Å²) in [5.74, 6) is -1.37. The third-order valence-electron chi connectivity index (χ3n) is 7.73. The summed E-state index contributed by atoms with van der Waals surface area (Å²) in [4.78, 5) is -0.949. The Labute approximate surface area is 332 Å². The van der Waals surface area contributed by atoms with E-state index in [-0.39, 0.29) is 45.3 Å². The predicted molar refractivity (Wildman–Crippen MR) is 202 cm³/mol. The van der Waals surface area contributed by atoms with Crippen molar-refractivity contribution < 1.29 is 73.3 Å². The Bertz CT molecular complexity index is 2640. The van der Waals surface area contributed by atoms with Gasteiger partial charge in [0.1, 0.15) is 44.3 Å². The molecule has 0 bridgehead atoms. The second-order valence-electron chi connectivity index (χ2n) is 11.1. The van der Waals surface area contributed by atoms with Gasteiger partial charge < -0.3 is 34.3 Å². The first-order chi connectivity index (χ1) is 26.2. The van der Waals surface area contributed by atoms with Gasteiger partial charge >= 0.3 is 0 Å². The summed E-state index contributed by atoms with van der Waals surface area (Å²) < 4.78 is 73.9.